The zero-order valence-corrected chi connectivity index (χ0v) is 29.7. The van der Waals surface area contributed by atoms with Crippen LogP contribution in [0.5, 0.6) is 0 Å². The lowest BCUT2D eigenvalue weighted by molar-refractivity contribution is 0.660. The van der Waals surface area contributed by atoms with Crippen LogP contribution in [0.3, 0.4) is 0 Å². The number of benzene rings is 8. The lowest BCUT2D eigenvalue weighted by atomic mass is 9.82. The molecule has 0 fully saturated rings. The van der Waals surface area contributed by atoms with Gasteiger partial charge in [-0.2, -0.15) is 0 Å². The van der Waals surface area contributed by atoms with Crippen LogP contribution in [0.2, 0.25) is 0 Å². The Morgan fingerprint density at radius 2 is 0.943 bits per heavy atom. The topological polar surface area (TPSA) is 9.86 Å². The molecule has 0 unspecified atom stereocenters. The maximum Gasteiger partial charge on any atom is 0.0641 e. The molecule has 0 amide bonds. The van der Waals surface area contributed by atoms with Crippen molar-refractivity contribution in [1.82, 2.24) is 9.13 Å². The third-order valence-electron chi connectivity index (χ3n) is 11.7. The molecule has 0 spiro atoms. The summed E-state index contributed by atoms with van der Waals surface area (Å²) in [5.41, 5.74) is 17.5. The van der Waals surface area contributed by atoms with Crippen LogP contribution in [0.1, 0.15) is 25.0 Å². The Balaban J connectivity index is 1.15. The largest absolute Gasteiger partial charge is 0.309 e. The van der Waals surface area contributed by atoms with Gasteiger partial charge in [0.25, 0.3) is 0 Å². The molecule has 0 saturated carbocycles. The van der Waals surface area contributed by atoms with Crippen LogP contribution in [0.15, 0.2) is 182 Å². The summed E-state index contributed by atoms with van der Waals surface area (Å²) in [6.07, 6.45) is 0. The van der Waals surface area contributed by atoms with Gasteiger partial charge in [-0.15, -0.1) is 0 Å². The zero-order chi connectivity index (χ0) is 35.3. The standard InChI is InChI=1S/C51H36N2/c1-51(2)44-23-9-6-20-39(44)43-32-36(26-28-45(43)51)35-17-13-18-37(31-35)52-47-25-11-8-22-42(47)49-48(52)29-27-41-40-21-7-10-24-46(40)53(50(41)49)38-19-12-16-34(30-38)33-14-4-3-5-15-33/h3-32H,1-2H3. The normalized spacial score (nSPS) is 13.2. The van der Waals surface area contributed by atoms with Gasteiger partial charge >= 0.3 is 0 Å². The van der Waals surface area contributed by atoms with E-state index < -0.39 is 0 Å². The molecule has 0 N–H and O–H groups in total. The van der Waals surface area contributed by atoms with Gasteiger partial charge < -0.3 is 9.13 Å². The van der Waals surface area contributed by atoms with Crippen LogP contribution in [-0.4, -0.2) is 9.13 Å². The summed E-state index contributed by atoms with van der Waals surface area (Å²) in [4.78, 5) is 0. The van der Waals surface area contributed by atoms with Gasteiger partial charge in [0.1, 0.15) is 0 Å². The molecule has 0 bridgehead atoms. The van der Waals surface area contributed by atoms with Gasteiger partial charge in [-0.1, -0.05) is 147 Å². The van der Waals surface area contributed by atoms with Gasteiger partial charge in [-0.25, -0.2) is 0 Å². The quantitative estimate of drug-likeness (QED) is 0.176. The fourth-order valence-electron chi connectivity index (χ4n) is 9.23. The van der Waals surface area contributed by atoms with Gasteiger partial charge in [-0.05, 0) is 93.0 Å². The van der Waals surface area contributed by atoms with Crippen molar-refractivity contribution in [1.29, 1.82) is 0 Å². The molecule has 250 valence electrons. The second kappa shape index (κ2) is 11.2. The first-order chi connectivity index (χ1) is 26.1. The first kappa shape index (κ1) is 30.0. The SMILES string of the molecule is CC1(C)c2ccccc2-c2cc(-c3cccc(-n4c5ccccc5c5c4ccc4c6ccccc6n(-c6cccc(-c7ccccc7)c6)c45)c3)ccc21. The summed E-state index contributed by atoms with van der Waals surface area (Å²) in [5, 5.41) is 5.03. The van der Waals surface area contributed by atoms with Crippen molar-refractivity contribution in [2.24, 2.45) is 0 Å². The molecule has 2 heteroatoms. The van der Waals surface area contributed by atoms with Crippen molar-refractivity contribution >= 4 is 43.6 Å². The number of fused-ring (bicyclic) bond motifs is 10. The third-order valence-corrected chi connectivity index (χ3v) is 11.7. The smallest absolute Gasteiger partial charge is 0.0641 e. The first-order valence-electron chi connectivity index (χ1n) is 18.5. The fraction of sp³-hybridized carbons (Fsp3) is 0.0588. The molecule has 8 aromatic carbocycles. The molecular formula is C51H36N2. The van der Waals surface area contributed by atoms with Crippen LogP contribution >= 0.6 is 0 Å². The molecule has 53 heavy (non-hydrogen) atoms. The van der Waals surface area contributed by atoms with E-state index in [-0.39, 0.29) is 5.41 Å². The van der Waals surface area contributed by atoms with Gasteiger partial charge in [-0.3, -0.25) is 0 Å². The van der Waals surface area contributed by atoms with Crippen LogP contribution in [-0.2, 0) is 5.41 Å². The van der Waals surface area contributed by atoms with E-state index in [9.17, 15) is 0 Å². The van der Waals surface area contributed by atoms with Crippen LogP contribution < -0.4 is 0 Å². The molecule has 2 nitrogen and oxygen atoms in total. The van der Waals surface area contributed by atoms with Crippen LogP contribution in [0, 0.1) is 0 Å². The van der Waals surface area contributed by atoms with Crippen molar-refractivity contribution < 1.29 is 0 Å². The average Bonchev–Trinajstić information content (AvgIpc) is 3.81. The Labute approximate surface area is 308 Å². The van der Waals surface area contributed by atoms with E-state index >= 15 is 0 Å². The second-order valence-electron chi connectivity index (χ2n) is 15.0. The highest BCUT2D eigenvalue weighted by molar-refractivity contribution is 6.26. The molecule has 11 rings (SSSR count). The molecule has 2 aromatic heterocycles. The summed E-state index contributed by atoms with van der Waals surface area (Å²) >= 11 is 0. The zero-order valence-electron chi connectivity index (χ0n) is 29.7. The van der Waals surface area contributed by atoms with Crippen LogP contribution in [0.4, 0.5) is 0 Å². The van der Waals surface area contributed by atoms with Crippen LogP contribution in [0.25, 0.3) is 88.4 Å². The van der Waals surface area contributed by atoms with Gasteiger partial charge in [0.05, 0.1) is 22.1 Å². The second-order valence-corrected chi connectivity index (χ2v) is 15.0. The van der Waals surface area contributed by atoms with Gasteiger partial charge in [0.15, 0.2) is 0 Å². The number of para-hydroxylation sites is 2. The van der Waals surface area contributed by atoms with E-state index in [0.29, 0.717) is 0 Å². The Morgan fingerprint density at radius 3 is 1.74 bits per heavy atom. The molecule has 1 aliphatic carbocycles. The average molecular weight is 677 g/mol. The number of hydrogen-bond donors (Lipinski definition) is 0. The number of nitrogens with zero attached hydrogens (tertiary/aromatic N) is 2. The third kappa shape index (κ3) is 4.33. The van der Waals surface area contributed by atoms with Crippen molar-refractivity contribution in [2.75, 3.05) is 0 Å². The molecule has 0 saturated heterocycles. The van der Waals surface area contributed by atoms with E-state index in [0.717, 1.165) is 11.4 Å². The molecule has 0 radical (unpaired) electrons. The monoisotopic (exact) mass is 676 g/mol. The summed E-state index contributed by atoms with van der Waals surface area (Å²) < 4.78 is 4.94. The van der Waals surface area contributed by atoms with E-state index in [1.54, 1.807) is 0 Å². The minimum absolute atomic E-state index is 0.00799. The van der Waals surface area contributed by atoms with E-state index in [1.807, 2.05) is 0 Å². The number of rotatable bonds is 4. The molecular weight excluding hydrogens is 641 g/mol. The fourth-order valence-corrected chi connectivity index (χ4v) is 9.23. The lowest BCUT2D eigenvalue weighted by Gasteiger charge is -2.21. The van der Waals surface area contributed by atoms with Crippen molar-refractivity contribution in [3.63, 3.8) is 0 Å². The van der Waals surface area contributed by atoms with Crippen molar-refractivity contribution in [2.45, 2.75) is 19.3 Å². The highest BCUT2D eigenvalue weighted by Gasteiger charge is 2.35. The molecule has 2 heterocycles. The molecule has 0 aliphatic heterocycles. The summed E-state index contributed by atoms with van der Waals surface area (Å²) in [7, 11) is 0. The van der Waals surface area contributed by atoms with E-state index in [2.05, 4.69) is 205 Å². The highest BCUT2D eigenvalue weighted by atomic mass is 15.0. The van der Waals surface area contributed by atoms with Crippen molar-refractivity contribution in [3.8, 4) is 44.8 Å². The number of aromatic nitrogens is 2. The minimum Gasteiger partial charge on any atom is -0.309 e. The molecule has 0 atom stereocenters. The predicted molar refractivity (Wildman–Crippen MR) is 224 cm³/mol. The molecule has 1 aliphatic rings. The summed E-state index contributed by atoms with van der Waals surface area (Å²) in [6, 6.07) is 67.1. The van der Waals surface area contributed by atoms with Crippen molar-refractivity contribution in [3.05, 3.63) is 193 Å². The Morgan fingerprint density at radius 1 is 0.358 bits per heavy atom. The Kier molecular flexibility index (Phi) is 6.33. The van der Waals surface area contributed by atoms with E-state index in [1.165, 1.54) is 88.1 Å². The molecule has 10 aromatic rings. The summed E-state index contributed by atoms with van der Waals surface area (Å²) in [6.45, 7) is 4.69. The minimum atomic E-state index is -0.00799. The Bertz CT molecular complexity index is 3080. The van der Waals surface area contributed by atoms with Gasteiger partial charge in [0.2, 0.25) is 0 Å². The first-order valence-corrected chi connectivity index (χ1v) is 18.5. The Hall–Kier alpha value is -6.64. The van der Waals surface area contributed by atoms with E-state index in [4.69, 9.17) is 0 Å². The maximum absolute atomic E-state index is 2.48. The number of hydrogen-bond acceptors (Lipinski definition) is 0. The predicted octanol–water partition coefficient (Wildman–Crippen LogP) is 13.5. The highest BCUT2D eigenvalue weighted by Crippen LogP contribution is 2.50. The maximum atomic E-state index is 2.48. The summed E-state index contributed by atoms with van der Waals surface area (Å²) in [5.74, 6) is 0. The lowest BCUT2D eigenvalue weighted by Crippen LogP contribution is -2.14. The van der Waals surface area contributed by atoms with Gasteiger partial charge in [0, 0.05) is 38.3 Å².